The van der Waals surface area contributed by atoms with Gasteiger partial charge in [0, 0.05) is 36.6 Å². The molecule has 7 heteroatoms. The lowest BCUT2D eigenvalue weighted by Gasteiger charge is -2.32. The van der Waals surface area contributed by atoms with Gasteiger partial charge in [-0.15, -0.1) is 11.3 Å². The molecule has 162 valence electrons. The zero-order valence-corrected chi connectivity index (χ0v) is 18.7. The van der Waals surface area contributed by atoms with Crippen molar-refractivity contribution in [2.45, 2.75) is 25.4 Å². The minimum atomic E-state index is -0.0951. The highest BCUT2D eigenvalue weighted by molar-refractivity contribution is 7.13. The van der Waals surface area contributed by atoms with E-state index in [1.54, 1.807) is 14.2 Å². The molecule has 0 saturated carbocycles. The van der Waals surface area contributed by atoms with E-state index in [0.717, 1.165) is 54.5 Å². The molecule has 0 spiro atoms. The minimum absolute atomic E-state index is 0.0951. The highest BCUT2D eigenvalue weighted by atomic mass is 32.1. The smallest absolute Gasteiger partial charge is 0.270 e. The topological polar surface area (TPSA) is 63.7 Å². The Morgan fingerprint density at radius 1 is 1.10 bits per heavy atom. The van der Waals surface area contributed by atoms with Crippen LogP contribution in [0.15, 0.2) is 53.9 Å². The molecule has 31 heavy (non-hydrogen) atoms. The number of benzene rings is 2. The maximum absolute atomic E-state index is 12.7. The molecule has 6 nitrogen and oxygen atoms in total. The third-order valence-electron chi connectivity index (χ3n) is 5.54. The van der Waals surface area contributed by atoms with E-state index in [1.807, 2.05) is 41.8 Å². The van der Waals surface area contributed by atoms with Crippen LogP contribution in [-0.4, -0.2) is 49.1 Å². The van der Waals surface area contributed by atoms with Gasteiger partial charge in [0.25, 0.3) is 5.91 Å². The molecular formula is C24H27N3O3S. The third kappa shape index (κ3) is 5.42. The molecule has 1 saturated heterocycles. The largest absolute Gasteiger partial charge is 0.497 e. The van der Waals surface area contributed by atoms with Gasteiger partial charge < -0.3 is 14.8 Å². The highest BCUT2D eigenvalue weighted by Crippen LogP contribution is 2.26. The van der Waals surface area contributed by atoms with Gasteiger partial charge in [-0.2, -0.15) is 0 Å². The lowest BCUT2D eigenvalue weighted by atomic mass is 10.0. The van der Waals surface area contributed by atoms with E-state index in [-0.39, 0.29) is 11.9 Å². The molecule has 1 aliphatic rings. The van der Waals surface area contributed by atoms with Crippen LogP contribution in [0.3, 0.4) is 0 Å². The number of nitrogens with one attached hydrogen (secondary N) is 1. The van der Waals surface area contributed by atoms with Crippen molar-refractivity contribution in [3.8, 4) is 22.1 Å². The molecule has 1 amide bonds. The van der Waals surface area contributed by atoms with E-state index >= 15 is 0 Å². The van der Waals surface area contributed by atoms with Crippen LogP contribution < -0.4 is 14.8 Å². The number of methoxy groups -OCH3 is 2. The van der Waals surface area contributed by atoms with Crippen molar-refractivity contribution < 1.29 is 14.3 Å². The van der Waals surface area contributed by atoms with Gasteiger partial charge in [0.1, 0.15) is 22.2 Å². The molecule has 2 heterocycles. The van der Waals surface area contributed by atoms with Crippen molar-refractivity contribution in [1.29, 1.82) is 0 Å². The molecule has 1 aliphatic heterocycles. The van der Waals surface area contributed by atoms with Crippen LogP contribution in [0.2, 0.25) is 0 Å². The molecule has 3 aromatic rings. The maximum atomic E-state index is 12.7. The first-order chi connectivity index (χ1) is 15.1. The second-order valence-electron chi connectivity index (χ2n) is 7.64. The minimum Gasteiger partial charge on any atom is -0.497 e. The van der Waals surface area contributed by atoms with Gasteiger partial charge in [0.15, 0.2) is 0 Å². The lowest BCUT2D eigenvalue weighted by molar-refractivity contribution is 0.0904. The maximum Gasteiger partial charge on any atom is 0.270 e. The molecule has 1 N–H and O–H groups in total. The Morgan fingerprint density at radius 2 is 1.84 bits per heavy atom. The number of amides is 1. The van der Waals surface area contributed by atoms with Crippen LogP contribution in [0.1, 0.15) is 28.9 Å². The Labute approximate surface area is 186 Å². The lowest BCUT2D eigenvalue weighted by Crippen LogP contribution is -2.44. The van der Waals surface area contributed by atoms with Gasteiger partial charge in [0.05, 0.1) is 14.2 Å². The Kier molecular flexibility index (Phi) is 6.84. The van der Waals surface area contributed by atoms with Gasteiger partial charge in [-0.1, -0.05) is 12.1 Å². The predicted molar refractivity (Wildman–Crippen MR) is 123 cm³/mol. The van der Waals surface area contributed by atoms with Gasteiger partial charge in [0.2, 0.25) is 0 Å². The summed E-state index contributed by atoms with van der Waals surface area (Å²) in [5.41, 5.74) is 2.71. The Hall–Kier alpha value is -2.90. The number of carbonyl (C=O) groups is 1. The fourth-order valence-electron chi connectivity index (χ4n) is 3.77. The second kappa shape index (κ2) is 9.94. The van der Waals surface area contributed by atoms with Crippen molar-refractivity contribution >= 4 is 17.2 Å². The van der Waals surface area contributed by atoms with Crippen molar-refractivity contribution in [3.63, 3.8) is 0 Å². The summed E-state index contributed by atoms with van der Waals surface area (Å²) >= 11 is 1.48. The van der Waals surface area contributed by atoms with Gasteiger partial charge in [-0.25, -0.2) is 4.98 Å². The van der Waals surface area contributed by atoms with E-state index in [1.165, 1.54) is 16.9 Å². The summed E-state index contributed by atoms with van der Waals surface area (Å²) in [5, 5.41) is 5.82. The molecule has 0 bridgehead atoms. The van der Waals surface area contributed by atoms with Gasteiger partial charge in [-0.3, -0.25) is 9.69 Å². The molecule has 4 rings (SSSR count). The van der Waals surface area contributed by atoms with Crippen molar-refractivity contribution in [3.05, 3.63) is 65.2 Å². The van der Waals surface area contributed by atoms with Crippen molar-refractivity contribution in [2.75, 3.05) is 27.3 Å². The van der Waals surface area contributed by atoms with E-state index in [4.69, 9.17) is 9.47 Å². The standard InChI is InChI=1S/C24H27N3O3S/c1-29-20-8-6-18(7-9-20)24-26-22(16-31-24)23(28)25-19-10-12-27(13-11-19)15-17-4-3-5-21(14-17)30-2/h3-9,14,16,19H,10-13,15H2,1-2H3,(H,25,28). The van der Waals surface area contributed by atoms with E-state index in [0.29, 0.717) is 5.69 Å². The quantitative estimate of drug-likeness (QED) is 0.600. The van der Waals surface area contributed by atoms with Crippen molar-refractivity contribution in [2.24, 2.45) is 0 Å². The Balaban J connectivity index is 1.28. The summed E-state index contributed by atoms with van der Waals surface area (Å²) in [6, 6.07) is 16.1. The summed E-state index contributed by atoms with van der Waals surface area (Å²) in [6.07, 6.45) is 1.87. The SMILES string of the molecule is COc1ccc(-c2nc(C(=O)NC3CCN(Cc4cccc(OC)c4)CC3)cs2)cc1. The first kappa shape index (κ1) is 21.3. The highest BCUT2D eigenvalue weighted by Gasteiger charge is 2.22. The van der Waals surface area contributed by atoms with Crippen LogP contribution in [0.5, 0.6) is 11.5 Å². The number of hydrogen-bond acceptors (Lipinski definition) is 6. The fraction of sp³-hybridized carbons (Fsp3) is 0.333. The summed E-state index contributed by atoms with van der Waals surface area (Å²) in [6.45, 7) is 2.81. The summed E-state index contributed by atoms with van der Waals surface area (Å²) in [4.78, 5) is 19.6. The number of ether oxygens (including phenoxy) is 2. The first-order valence-corrected chi connectivity index (χ1v) is 11.3. The van der Waals surface area contributed by atoms with Gasteiger partial charge in [-0.05, 0) is 54.8 Å². The molecular weight excluding hydrogens is 410 g/mol. The normalized spacial score (nSPS) is 14.9. The van der Waals surface area contributed by atoms with Crippen LogP contribution in [0, 0.1) is 0 Å². The Bertz CT molecular complexity index is 1010. The first-order valence-electron chi connectivity index (χ1n) is 10.4. The number of nitrogens with zero attached hydrogens (tertiary/aromatic N) is 2. The number of hydrogen-bond donors (Lipinski definition) is 1. The summed E-state index contributed by atoms with van der Waals surface area (Å²) in [7, 11) is 3.33. The third-order valence-corrected chi connectivity index (χ3v) is 6.43. The fourth-order valence-corrected chi connectivity index (χ4v) is 4.57. The van der Waals surface area contributed by atoms with Crippen LogP contribution in [-0.2, 0) is 6.54 Å². The molecule has 0 radical (unpaired) electrons. The van der Waals surface area contributed by atoms with Crippen LogP contribution in [0.25, 0.3) is 10.6 Å². The second-order valence-corrected chi connectivity index (χ2v) is 8.50. The average Bonchev–Trinajstić information content (AvgIpc) is 3.31. The van der Waals surface area contributed by atoms with Crippen LogP contribution in [0.4, 0.5) is 0 Å². The number of likely N-dealkylation sites (tertiary alicyclic amines) is 1. The monoisotopic (exact) mass is 437 g/mol. The molecule has 0 aliphatic carbocycles. The summed E-state index contributed by atoms with van der Waals surface area (Å²) < 4.78 is 10.5. The number of aromatic nitrogens is 1. The number of thiazole rings is 1. The number of rotatable bonds is 7. The molecule has 2 aromatic carbocycles. The molecule has 1 aromatic heterocycles. The number of piperidine rings is 1. The zero-order chi connectivity index (χ0) is 21.6. The Morgan fingerprint density at radius 3 is 2.55 bits per heavy atom. The van der Waals surface area contributed by atoms with Gasteiger partial charge >= 0.3 is 0 Å². The van der Waals surface area contributed by atoms with Crippen LogP contribution >= 0.6 is 11.3 Å². The number of carbonyl (C=O) groups excluding carboxylic acids is 1. The van der Waals surface area contributed by atoms with E-state index < -0.39 is 0 Å². The molecule has 0 atom stereocenters. The zero-order valence-electron chi connectivity index (χ0n) is 17.8. The summed E-state index contributed by atoms with van der Waals surface area (Å²) in [5.74, 6) is 1.59. The van der Waals surface area contributed by atoms with Crippen molar-refractivity contribution in [1.82, 2.24) is 15.2 Å². The van der Waals surface area contributed by atoms with E-state index in [2.05, 4.69) is 27.3 Å². The predicted octanol–water partition coefficient (Wildman–Crippen LogP) is 4.22. The average molecular weight is 438 g/mol. The van der Waals surface area contributed by atoms with E-state index in [9.17, 15) is 4.79 Å². The molecule has 1 fully saturated rings. The molecule has 0 unspecified atom stereocenters.